The predicted molar refractivity (Wildman–Crippen MR) is 87.2 cm³/mol. The third kappa shape index (κ3) is 2.01. The molecule has 0 spiro atoms. The van der Waals surface area contributed by atoms with Crippen molar-refractivity contribution in [2.45, 2.75) is 79.3 Å². The SMILES string of the molecule is c1ccc(S[C@@H]2C[C@@H]3CC[C@H]2N2C4CCC(CC4)N32)cc1. The third-order valence-electron chi connectivity index (χ3n) is 6.15. The number of rotatable bonds is 2. The molecule has 7 rings (SSSR count). The van der Waals surface area contributed by atoms with Gasteiger partial charge in [0.15, 0.2) is 0 Å². The van der Waals surface area contributed by atoms with Gasteiger partial charge in [-0.25, -0.2) is 10.0 Å². The van der Waals surface area contributed by atoms with E-state index in [2.05, 4.69) is 52.1 Å². The molecular weight excluding hydrogens is 276 g/mol. The minimum absolute atomic E-state index is 0.799. The summed E-state index contributed by atoms with van der Waals surface area (Å²) in [7, 11) is 0. The first-order valence-electron chi connectivity index (χ1n) is 8.68. The van der Waals surface area contributed by atoms with Crippen molar-refractivity contribution in [3.63, 3.8) is 0 Å². The fourth-order valence-electron chi connectivity index (χ4n) is 5.33. The van der Waals surface area contributed by atoms with Crippen molar-refractivity contribution < 1.29 is 0 Å². The normalized spacial score (nSPS) is 47.3. The lowest BCUT2D eigenvalue weighted by molar-refractivity contribution is -0.245. The fraction of sp³-hybridized carbons (Fsp3) is 0.667. The first kappa shape index (κ1) is 13.0. The molecule has 1 aromatic carbocycles. The first-order valence-corrected chi connectivity index (χ1v) is 9.56. The molecule has 112 valence electrons. The number of benzene rings is 1. The minimum atomic E-state index is 0.799. The molecule has 4 saturated heterocycles. The van der Waals surface area contributed by atoms with Crippen LogP contribution in [-0.4, -0.2) is 39.4 Å². The van der Waals surface area contributed by atoms with E-state index in [0.717, 1.165) is 29.4 Å². The summed E-state index contributed by atoms with van der Waals surface area (Å²) in [6.45, 7) is 0. The van der Waals surface area contributed by atoms with Crippen LogP contribution in [-0.2, 0) is 0 Å². The predicted octanol–water partition coefficient (Wildman–Crippen LogP) is 3.93. The molecule has 0 aromatic heterocycles. The zero-order valence-electron chi connectivity index (χ0n) is 12.5. The smallest absolute Gasteiger partial charge is 0.0372 e. The molecule has 4 aliphatic heterocycles. The lowest BCUT2D eigenvalue weighted by Crippen LogP contribution is -2.74. The van der Waals surface area contributed by atoms with E-state index in [9.17, 15) is 0 Å². The van der Waals surface area contributed by atoms with Gasteiger partial charge in [0, 0.05) is 34.3 Å². The van der Waals surface area contributed by atoms with Crippen LogP contribution >= 0.6 is 11.8 Å². The molecule has 0 amide bonds. The van der Waals surface area contributed by atoms with Crippen LogP contribution in [0.15, 0.2) is 35.2 Å². The first-order chi connectivity index (χ1) is 10.4. The highest BCUT2D eigenvalue weighted by molar-refractivity contribution is 8.00. The Morgan fingerprint density at radius 3 is 2.19 bits per heavy atom. The molecule has 2 saturated carbocycles. The van der Waals surface area contributed by atoms with Gasteiger partial charge < -0.3 is 0 Å². The van der Waals surface area contributed by atoms with Gasteiger partial charge in [-0.05, 0) is 57.1 Å². The van der Waals surface area contributed by atoms with E-state index in [1.165, 1.54) is 49.8 Å². The summed E-state index contributed by atoms with van der Waals surface area (Å²) in [4.78, 5) is 1.46. The molecule has 5 atom stereocenters. The summed E-state index contributed by atoms with van der Waals surface area (Å²) in [6.07, 6.45) is 10.1. The Kier molecular flexibility index (Phi) is 3.09. The Hall–Kier alpha value is -0.510. The van der Waals surface area contributed by atoms with Gasteiger partial charge in [-0.2, -0.15) is 0 Å². The molecule has 4 heterocycles. The number of hydrogen-bond acceptors (Lipinski definition) is 3. The van der Waals surface area contributed by atoms with Crippen LogP contribution in [0.3, 0.4) is 0 Å². The summed E-state index contributed by atoms with van der Waals surface area (Å²) in [6, 6.07) is 14.4. The van der Waals surface area contributed by atoms with E-state index in [1.807, 2.05) is 0 Å². The summed E-state index contributed by atoms with van der Waals surface area (Å²) in [5, 5.41) is 6.53. The number of hydrazine groups is 1. The van der Waals surface area contributed by atoms with Crippen LogP contribution in [0.25, 0.3) is 0 Å². The summed E-state index contributed by atoms with van der Waals surface area (Å²) in [5.41, 5.74) is 0. The average molecular weight is 300 g/mol. The molecule has 0 N–H and O–H groups in total. The molecule has 1 aromatic rings. The van der Waals surface area contributed by atoms with Crippen LogP contribution in [0, 0.1) is 0 Å². The van der Waals surface area contributed by atoms with Crippen LogP contribution in [0.1, 0.15) is 44.9 Å². The highest BCUT2D eigenvalue weighted by Gasteiger charge is 2.54. The molecular formula is C18H24N2S. The highest BCUT2D eigenvalue weighted by Crippen LogP contribution is 2.50. The van der Waals surface area contributed by atoms with E-state index in [0.29, 0.717) is 0 Å². The lowest BCUT2D eigenvalue weighted by atomic mass is 9.77. The van der Waals surface area contributed by atoms with Crippen LogP contribution in [0.2, 0.25) is 0 Å². The summed E-state index contributed by atoms with van der Waals surface area (Å²) < 4.78 is 0. The van der Waals surface area contributed by atoms with Gasteiger partial charge in [-0.15, -0.1) is 11.8 Å². The second-order valence-electron chi connectivity index (χ2n) is 7.23. The quantitative estimate of drug-likeness (QED) is 0.817. The maximum Gasteiger partial charge on any atom is 0.0372 e. The van der Waals surface area contributed by atoms with E-state index < -0.39 is 0 Å². The molecule has 3 heteroatoms. The van der Waals surface area contributed by atoms with Crippen LogP contribution in [0.5, 0.6) is 0 Å². The second kappa shape index (κ2) is 5.00. The highest BCUT2D eigenvalue weighted by atomic mass is 32.2. The van der Waals surface area contributed by atoms with E-state index >= 15 is 0 Å². The monoisotopic (exact) mass is 300 g/mol. The topological polar surface area (TPSA) is 6.48 Å². The third-order valence-corrected chi connectivity index (χ3v) is 7.51. The Balaban J connectivity index is 1.42. The van der Waals surface area contributed by atoms with Crippen molar-refractivity contribution in [1.29, 1.82) is 0 Å². The zero-order valence-corrected chi connectivity index (χ0v) is 13.3. The molecule has 2 aliphatic carbocycles. The molecule has 2 unspecified atom stereocenters. The standard InChI is InChI=1S/C18H24N2S/c1-2-4-16(5-3-1)21-18-12-15-10-11-17(18)20-14-8-6-13(7-9-14)19(15)20/h1-5,13-15,17-18H,6-12H2/t13?,14?,15-,17+,18+/m0/s1. The zero-order chi connectivity index (χ0) is 13.8. The number of fused-ring (bicyclic) bond motifs is 4. The van der Waals surface area contributed by atoms with Crippen molar-refractivity contribution in [1.82, 2.24) is 10.0 Å². The summed E-state index contributed by atoms with van der Waals surface area (Å²) >= 11 is 2.14. The van der Waals surface area contributed by atoms with E-state index in [-0.39, 0.29) is 0 Å². The molecule has 0 radical (unpaired) electrons. The second-order valence-corrected chi connectivity index (χ2v) is 8.54. The van der Waals surface area contributed by atoms with Gasteiger partial charge >= 0.3 is 0 Å². The molecule has 6 aliphatic rings. The van der Waals surface area contributed by atoms with Crippen LogP contribution in [0.4, 0.5) is 0 Å². The molecule has 2 nitrogen and oxygen atoms in total. The fourth-order valence-corrected chi connectivity index (χ4v) is 6.73. The largest absolute Gasteiger partial charge is 0.235 e. The van der Waals surface area contributed by atoms with Crippen molar-refractivity contribution in [2.75, 3.05) is 0 Å². The van der Waals surface area contributed by atoms with Crippen molar-refractivity contribution in [3.8, 4) is 0 Å². The molecule has 6 fully saturated rings. The minimum Gasteiger partial charge on any atom is -0.235 e. The Labute approximate surface area is 131 Å². The van der Waals surface area contributed by atoms with Gasteiger partial charge in [0.25, 0.3) is 0 Å². The number of hydrogen-bond donors (Lipinski definition) is 0. The maximum absolute atomic E-state index is 2.87. The Morgan fingerprint density at radius 2 is 1.43 bits per heavy atom. The van der Waals surface area contributed by atoms with Crippen molar-refractivity contribution in [3.05, 3.63) is 30.3 Å². The molecule has 4 bridgehead atoms. The Morgan fingerprint density at radius 1 is 0.762 bits per heavy atom. The molecule has 21 heavy (non-hydrogen) atoms. The van der Waals surface area contributed by atoms with Crippen LogP contribution < -0.4 is 0 Å². The van der Waals surface area contributed by atoms with Gasteiger partial charge in [-0.1, -0.05) is 18.2 Å². The van der Waals surface area contributed by atoms with Crippen molar-refractivity contribution in [2.24, 2.45) is 0 Å². The number of thioether (sulfide) groups is 1. The van der Waals surface area contributed by atoms with Gasteiger partial charge in [0.1, 0.15) is 0 Å². The number of nitrogens with zero attached hydrogens (tertiary/aromatic N) is 2. The maximum atomic E-state index is 2.87. The average Bonchev–Trinajstić information content (AvgIpc) is 2.57. The van der Waals surface area contributed by atoms with E-state index in [4.69, 9.17) is 0 Å². The van der Waals surface area contributed by atoms with E-state index in [1.54, 1.807) is 0 Å². The Bertz CT molecular complexity index is 511. The lowest BCUT2D eigenvalue weighted by Gasteiger charge is -2.66. The summed E-state index contributed by atoms with van der Waals surface area (Å²) in [5.74, 6) is 0. The van der Waals surface area contributed by atoms with Gasteiger partial charge in [0.05, 0.1) is 0 Å². The van der Waals surface area contributed by atoms with Gasteiger partial charge in [-0.3, -0.25) is 0 Å². The van der Waals surface area contributed by atoms with Crippen molar-refractivity contribution >= 4 is 11.8 Å². The van der Waals surface area contributed by atoms with Gasteiger partial charge in [0.2, 0.25) is 0 Å².